The molecule has 9 nitrogen and oxygen atoms in total. The lowest BCUT2D eigenvalue weighted by Gasteiger charge is -2.23. The molecular weight excluding hydrogens is 316 g/mol. The van der Waals surface area contributed by atoms with E-state index < -0.39 is 36.8 Å². The first-order chi connectivity index (χ1) is 11.6. The molecule has 1 aromatic heterocycles. The fourth-order valence-electron chi connectivity index (χ4n) is 2.95. The number of aliphatic hydroxyl groups is 3. The number of rotatable bonds is 4. The summed E-state index contributed by atoms with van der Waals surface area (Å²) < 4.78 is 6.41. The van der Waals surface area contributed by atoms with Gasteiger partial charge in [-0.1, -0.05) is 0 Å². The van der Waals surface area contributed by atoms with E-state index in [4.69, 9.17) is 9.84 Å². The first kappa shape index (κ1) is 17.0. The summed E-state index contributed by atoms with van der Waals surface area (Å²) in [6.45, 7) is 1.45. The summed E-state index contributed by atoms with van der Waals surface area (Å²) in [5.74, 6) is 0.272. The van der Waals surface area contributed by atoms with Crippen LogP contribution in [0.4, 0.5) is 5.82 Å². The van der Waals surface area contributed by atoms with Gasteiger partial charge in [0.05, 0.1) is 12.9 Å². The van der Waals surface area contributed by atoms with E-state index in [9.17, 15) is 15.0 Å². The van der Waals surface area contributed by atoms with E-state index in [1.54, 1.807) is 6.34 Å². The highest BCUT2D eigenvalue weighted by Crippen LogP contribution is 2.28. The van der Waals surface area contributed by atoms with Crippen molar-refractivity contribution in [2.45, 2.75) is 43.8 Å². The third-order valence-electron chi connectivity index (χ3n) is 4.35. The minimum absolute atomic E-state index is 0.272. The largest absolute Gasteiger partial charge is 0.394 e. The van der Waals surface area contributed by atoms with Crippen LogP contribution in [0.15, 0.2) is 22.1 Å². The Balaban J connectivity index is 1.73. The Morgan fingerprint density at radius 2 is 2.04 bits per heavy atom. The normalized spacial score (nSPS) is 31.0. The molecule has 0 spiro atoms. The maximum absolute atomic E-state index is 12.2. The second kappa shape index (κ2) is 7.39. The Bertz CT molecular complexity index is 643. The van der Waals surface area contributed by atoms with Gasteiger partial charge in [-0.05, 0) is 25.3 Å². The van der Waals surface area contributed by atoms with Crippen LogP contribution in [0.2, 0.25) is 0 Å². The minimum atomic E-state index is -1.32. The van der Waals surface area contributed by atoms with E-state index in [1.807, 2.05) is 0 Å². The summed E-state index contributed by atoms with van der Waals surface area (Å²) in [6.07, 6.45) is 2.00. The quantitative estimate of drug-likeness (QED) is 0.476. The fourth-order valence-corrected chi connectivity index (χ4v) is 2.95. The number of piperidine rings is 1. The van der Waals surface area contributed by atoms with Crippen LogP contribution < -0.4 is 5.69 Å². The zero-order valence-electron chi connectivity index (χ0n) is 13.2. The molecule has 0 aliphatic carbocycles. The summed E-state index contributed by atoms with van der Waals surface area (Å²) >= 11 is 0. The average Bonchev–Trinajstić information content (AvgIpc) is 2.89. The number of aliphatic hydroxyl groups excluding tert-OH is 3. The maximum atomic E-state index is 12.2. The number of hydrogen-bond acceptors (Lipinski definition) is 7. The third-order valence-corrected chi connectivity index (χ3v) is 4.35. The molecule has 2 aliphatic heterocycles. The molecule has 2 fully saturated rings. The van der Waals surface area contributed by atoms with Crippen LogP contribution in [0.5, 0.6) is 0 Å². The van der Waals surface area contributed by atoms with E-state index >= 15 is 0 Å². The van der Waals surface area contributed by atoms with Gasteiger partial charge in [-0.15, -0.1) is 0 Å². The SMILES string of the molecule is O=c1nc(/N=C/N2CCCCC2)ccn1[C@@H]1O[C@H](CO)[C@H](O)C1O. The molecule has 3 heterocycles. The van der Waals surface area contributed by atoms with E-state index in [1.165, 1.54) is 18.7 Å². The Hall–Kier alpha value is -1.81. The lowest BCUT2D eigenvalue weighted by molar-refractivity contribution is -0.0549. The van der Waals surface area contributed by atoms with E-state index in [2.05, 4.69) is 14.9 Å². The van der Waals surface area contributed by atoms with Crippen molar-refractivity contribution in [2.75, 3.05) is 19.7 Å². The smallest absolute Gasteiger partial charge is 0.351 e. The molecule has 2 saturated heterocycles. The van der Waals surface area contributed by atoms with Gasteiger partial charge in [-0.25, -0.2) is 9.79 Å². The molecule has 2 aliphatic rings. The number of likely N-dealkylation sites (tertiary alicyclic amines) is 1. The number of aliphatic imine (C=N–C) groups is 1. The zero-order valence-corrected chi connectivity index (χ0v) is 13.2. The molecule has 1 unspecified atom stereocenters. The Labute approximate surface area is 138 Å². The molecule has 1 aromatic rings. The lowest BCUT2D eigenvalue weighted by Crippen LogP contribution is -2.35. The van der Waals surface area contributed by atoms with Crippen LogP contribution in [0, 0.1) is 0 Å². The highest BCUT2D eigenvalue weighted by atomic mass is 16.6. The van der Waals surface area contributed by atoms with E-state index in [0.29, 0.717) is 0 Å². The van der Waals surface area contributed by atoms with Gasteiger partial charge in [0.1, 0.15) is 18.3 Å². The zero-order chi connectivity index (χ0) is 17.1. The Kier molecular flexibility index (Phi) is 5.24. The van der Waals surface area contributed by atoms with Crippen LogP contribution in [-0.2, 0) is 4.74 Å². The lowest BCUT2D eigenvalue weighted by atomic mass is 10.1. The fraction of sp³-hybridized carbons (Fsp3) is 0.667. The van der Waals surface area contributed by atoms with Crippen molar-refractivity contribution in [1.82, 2.24) is 14.5 Å². The Morgan fingerprint density at radius 1 is 1.29 bits per heavy atom. The predicted octanol–water partition coefficient (Wildman–Crippen LogP) is -0.999. The topological polar surface area (TPSA) is 120 Å². The molecule has 0 radical (unpaired) electrons. The molecule has 0 bridgehead atoms. The molecule has 24 heavy (non-hydrogen) atoms. The van der Waals surface area contributed by atoms with Crippen molar-refractivity contribution in [3.05, 3.63) is 22.7 Å². The molecular formula is C15H22N4O5. The third kappa shape index (κ3) is 3.48. The number of nitrogens with zero attached hydrogens (tertiary/aromatic N) is 4. The second-order valence-electron chi connectivity index (χ2n) is 6.05. The maximum Gasteiger partial charge on any atom is 0.351 e. The van der Waals surface area contributed by atoms with Crippen molar-refractivity contribution in [1.29, 1.82) is 0 Å². The first-order valence-corrected chi connectivity index (χ1v) is 8.10. The van der Waals surface area contributed by atoms with Crippen LogP contribution >= 0.6 is 0 Å². The summed E-state index contributed by atoms with van der Waals surface area (Å²) in [4.78, 5) is 22.3. The molecule has 0 aromatic carbocycles. The predicted molar refractivity (Wildman–Crippen MR) is 85.1 cm³/mol. The summed E-state index contributed by atoms with van der Waals surface area (Å²) in [7, 11) is 0. The van der Waals surface area contributed by atoms with Crippen LogP contribution in [0.25, 0.3) is 0 Å². The summed E-state index contributed by atoms with van der Waals surface area (Å²) in [5, 5.41) is 28.8. The molecule has 4 atom stereocenters. The standard InChI is InChI=1S/C15H22N4O5/c20-8-10-12(21)13(22)14(24-10)19-7-4-11(17-15(19)23)16-9-18-5-2-1-3-6-18/h4,7,9-10,12-14,20-22H,1-3,5-6,8H2/b16-9+/t10-,12+,13?,14-/m1/s1. The van der Waals surface area contributed by atoms with Crippen LogP contribution in [-0.4, -0.2) is 74.1 Å². The number of ether oxygens (including phenoxy) is 1. The molecule has 3 N–H and O–H groups in total. The summed E-state index contributed by atoms with van der Waals surface area (Å²) in [5.41, 5.74) is -0.641. The monoisotopic (exact) mass is 338 g/mol. The van der Waals surface area contributed by atoms with E-state index in [-0.39, 0.29) is 5.82 Å². The highest BCUT2D eigenvalue weighted by Gasteiger charge is 2.43. The molecule has 132 valence electrons. The second-order valence-corrected chi connectivity index (χ2v) is 6.05. The van der Waals surface area contributed by atoms with Gasteiger partial charge in [0.2, 0.25) is 0 Å². The first-order valence-electron chi connectivity index (χ1n) is 8.10. The van der Waals surface area contributed by atoms with Gasteiger partial charge in [0.15, 0.2) is 12.0 Å². The van der Waals surface area contributed by atoms with Crippen LogP contribution in [0.1, 0.15) is 25.5 Å². The molecule has 0 saturated carbocycles. The molecule has 9 heteroatoms. The summed E-state index contributed by atoms with van der Waals surface area (Å²) in [6, 6.07) is 1.54. The van der Waals surface area contributed by atoms with Crippen molar-refractivity contribution in [3.63, 3.8) is 0 Å². The van der Waals surface area contributed by atoms with E-state index in [0.717, 1.165) is 30.5 Å². The van der Waals surface area contributed by atoms with Gasteiger partial charge < -0.3 is 25.0 Å². The van der Waals surface area contributed by atoms with Gasteiger partial charge in [-0.3, -0.25) is 4.57 Å². The average molecular weight is 338 g/mol. The van der Waals surface area contributed by atoms with Gasteiger partial charge >= 0.3 is 5.69 Å². The van der Waals surface area contributed by atoms with Crippen molar-refractivity contribution in [2.24, 2.45) is 4.99 Å². The van der Waals surface area contributed by atoms with Crippen LogP contribution in [0.3, 0.4) is 0 Å². The Morgan fingerprint density at radius 3 is 2.67 bits per heavy atom. The van der Waals surface area contributed by atoms with Crippen molar-refractivity contribution in [3.8, 4) is 0 Å². The van der Waals surface area contributed by atoms with Gasteiger partial charge in [0.25, 0.3) is 0 Å². The van der Waals surface area contributed by atoms with Crippen molar-refractivity contribution >= 4 is 12.2 Å². The molecule has 0 amide bonds. The van der Waals surface area contributed by atoms with Gasteiger partial charge in [0, 0.05) is 19.3 Å². The molecule has 3 rings (SSSR count). The van der Waals surface area contributed by atoms with Gasteiger partial charge in [-0.2, -0.15) is 4.98 Å². The minimum Gasteiger partial charge on any atom is -0.394 e. The highest BCUT2D eigenvalue weighted by molar-refractivity contribution is 5.59. The number of aromatic nitrogens is 2. The van der Waals surface area contributed by atoms with Crippen molar-refractivity contribution < 1.29 is 20.1 Å². The number of hydrogen-bond donors (Lipinski definition) is 3.